The number of carbonyl (C=O) groups excluding carboxylic acids is 1. The Labute approximate surface area is 226 Å². The van der Waals surface area contributed by atoms with Crippen LogP contribution in [0.4, 0.5) is 4.79 Å². The van der Waals surface area contributed by atoms with Gasteiger partial charge < -0.3 is 14.7 Å². The summed E-state index contributed by atoms with van der Waals surface area (Å²) in [5, 5.41) is 10.6. The van der Waals surface area contributed by atoms with Crippen LogP contribution in [0.2, 0.25) is 0 Å². The minimum Gasteiger partial charge on any atom is -0.438 e. The van der Waals surface area contributed by atoms with Crippen LogP contribution in [0.3, 0.4) is 0 Å². The fraction of sp³-hybridized carbons (Fsp3) is 0.455. The van der Waals surface area contributed by atoms with Crippen molar-refractivity contribution in [2.45, 2.75) is 88.9 Å². The maximum absolute atomic E-state index is 13.3. The number of aromatic nitrogens is 1. The van der Waals surface area contributed by atoms with Crippen LogP contribution in [0.25, 0.3) is 11.1 Å². The van der Waals surface area contributed by atoms with Gasteiger partial charge in [0.25, 0.3) is 0 Å². The molecule has 200 valence electrons. The molecular weight excluding hydrogens is 472 g/mol. The van der Waals surface area contributed by atoms with E-state index in [4.69, 9.17) is 9.72 Å². The molecule has 1 aliphatic heterocycles. The molecule has 5 nitrogen and oxygen atoms in total. The molecule has 38 heavy (non-hydrogen) atoms. The van der Waals surface area contributed by atoms with Crippen molar-refractivity contribution >= 4 is 6.09 Å². The molecule has 2 fully saturated rings. The largest absolute Gasteiger partial charge is 0.438 e. The lowest BCUT2D eigenvalue weighted by atomic mass is 9.80. The third-order valence-corrected chi connectivity index (χ3v) is 8.30. The number of hydrogen-bond donors (Lipinski definition) is 1. The Balaban J connectivity index is 1.28. The maximum atomic E-state index is 13.3. The third kappa shape index (κ3) is 5.78. The SMILES string of the molecule is C[C@@H](c1ccc(-c2ccc(C3CCCCC3)nc2)cc1)N1CC[C@](CC(C)(C)O)(c2ccccc2)OC1=O. The summed E-state index contributed by atoms with van der Waals surface area (Å²) in [6, 6.07) is 22.5. The first-order valence-corrected chi connectivity index (χ1v) is 14.1. The smallest absolute Gasteiger partial charge is 0.411 e. The average molecular weight is 513 g/mol. The average Bonchev–Trinajstić information content (AvgIpc) is 2.93. The zero-order chi connectivity index (χ0) is 26.8. The van der Waals surface area contributed by atoms with Crippen molar-refractivity contribution in [2.24, 2.45) is 0 Å². The number of benzene rings is 2. The van der Waals surface area contributed by atoms with E-state index >= 15 is 0 Å². The van der Waals surface area contributed by atoms with Crippen LogP contribution >= 0.6 is 0 Å². The first kappa shape index (κ1) is 26.4. The molecule has 2 atom stereocenters. The van der Waals surface area contributed by atoms with E-state index < -0.39 is 11.2 Å². The molecule has 0 bridgehead atoms. The second kappa shape index (κ2) is 10.9. The van der Waals surface area contributed by atoms with Gasteiger partial charge in [0.05, 0.1) is 11.6 Å². The Morgan fingerprint density at radius 3 is 2.29 bits per heavy atom. The number of amides is 1. The van der Waals surface area contributed by atoms with Gasteiger partial charge in [-0.15, -0.1) is 0 Å². The van der Waals surface area contributed by atoms with E-state index in [1.165, 1.54) is 37.8 Å². The molecule has 0 unspecified atom stereocenters. The summed E-state index contributed by atoms with van der Waals surface area (Å²) in [6.45, 7) is 6.13. The summed E-state index contributed by atoms with van der Waals surface area (Å²) < 4.78 is 6.16. The molecule has 1 N–H and O–H groups in total. The highest BCUT2D eigenvalue weighted by molar-refractivity contribution is 5.70. The first-order valence-electron chi connectivity index (χ1n) is 14.1. The molecule has 1 amide bonds. The molecular formula is C33H40N2O3. The van der Waals surface area contributed by atoms with Crippen molar-refractivity contribution in [1.29, 1.82) is 0 Å². The maximum Gasteiger partial charge on any atom is 0.411 e. The normalized spacial score (nSPS) is 21.7. The standard InChI is InChI=1S/C33H40N2O3/c1-24(35-21-20-33(38-31(35)36,23-32(2,3)37)29-12-8-5-9-13-29)25-14-16-26(17-15-25)28-18-19-30(34-22-28)27-10-6-4-7-11-27/h5,8-9,12-19,22,24,27,37H,4,6-7,10-11,20-21,23H2,1-3H3/t24-,33-/m0/s1. The van der Waals surface area contributed by atoms with Crippen LogP contribution in [-0.2, 0) is 10.3 Å². The Kier molecular flexibility index (Phi) is 7.58. The molecule has 2 heterocycles. The van der Waals surface area contributed by atoms with Crippen molar-refractivity contribution in [3.05, 3.63) is 89.7 Å². The summed E-state index contributed by atoms with van der Waals surface area (Å²) >= 11 is 0. The van der Waals surface area contributed by atoms with Gasteiger partial charge in [-0.1, -0.05) is 79.9 Å². The minimum atomic E-state index is -0.969. The molecule has 1 saturated heterocycles. The zero-order valence-electron chi connectivity index (χ0n) is 22.9. The second-order valence-corrected chi connectivity index (χ2v) is 11.8. The van der Waals surface area contributed by atoms with Crippen LogP contribution in [0.1, 0.15) is 94.5 Å². The molecule has 2 aromatic carbocycles. The quantitative estimate of drug-likeness (QED) is 0.351. The topological polar surface area (TPSA) is 62.7 Å². The van der Waals surface area contributed by atoms with Gasteiger partial charge in [-0.3, -0.25) is 4.98 Å². The Hall–Kier alpha value is -3.18. The van der Waals surface area contributed by atoms with Gasteiger partial charge in [-0.05, 0) is 56.4 Å². The van der Waals surface area contributed by atoms with Crippen molar-refractivity contribution in [3.8, 4) is 11.1 Å². The van der Waals surface area contributed by atoms with Crippen LogP contribution in [0.5, 0.6) is 0 Å². The van der Waals surface area contributed by atoms with E-state index in [1.807, 2.05) is 43.5 Å². The van der Waals surface area contributed by atoms with Crippen LogP contribution in [0.15, 0.2) is 72.9 Å². The number of pyridine rings is 1. The van der Waals surface area contributed by atoms with E-state index in [-0.39, 0.29) is 12.1 Å². The highest BCUT2D eigenvalue weighted by atomic mass is 16.6. The number of cyclic esters (lactones) is 1. The van der Waals surface area contributed by atoms with Crippen molar-refractivity contribution in [3.63, 3.8) is 0 Å². The summed E-state index contributed by atoms with van der Waals surface area (Å²) in [7, 11) is 0. The van der Waals surface area contributed by atoms with Crippen molar-refractivity contribution < 1.29 is 14.6 Å². The summed E-state index contributed by atoms with van der Waals surface area (Å²) in [6.07, 6.45) is 9.09. The predicted molar refractivity (Wildman–Crippen MR) is 151 cm³/mol. The molecule has 1 aliphatic carbocycles. The lowest BCUT2D eigenvalue weighted by Gasteiger charge is -2.45. The first-order chi connectivity index (χ1) is 18.2. The predicted octanol–water partition coefficient (Wildman–Crippen LogP) is 7.76. The third-order valence-electron chi connectivity index (χ3n) is 8.30. The monoisotopic (exact) mass is 512 g/mol. The molecule has 3 aromatic rings. The van der Waals surface area contributed by atoms with Gasteiger partial charge >= 0.3 is 6.09 Å². The van der Waals surface area contributed by atoms with Crippen molar-refractivity contribution in [2.75, 3.05) is 6.54 Å². The van der Waals surface area contributed by atoms with Gasteiger partial charge in [0.2, 0.25) is 0 Å². The van der Waals surface area contributed by atoms with Gasteiger partial charge in [0, 0.05) is 42.8 Å². The van der Waals surface area contributed by atoms with E-state index in [0.717, 1.165) is 22.3 Å². The van der Waals surface area contributed by atoms with Gasteiger partial charge in [0.15, 0.2) is 0 Å². The van der Waals surface area contributed by atoms with E-state index in [9.17, 15) is 9.90 Å². The molecule has 0 spiro atoms. The molecule has 1 saturated carbocycles. The Morgan fingerprint density at radius 2 is 1.68 bits per heavy atom. The number of hydrogen-bond acceptors (Lipinski definition) is 4. The summed E-state index contributed by atoms with van der Waals surface area (Å²) in [5.74, 6) is 0.606. The zero-order valence-corrected chi connectivity index (χ0v) is 22.9. The number of aliphatic hydroxyl groups is 1. The summed E-state index contributed by atoms with van der Waals surface area (Å²) in [5.41, 5.74) is 3.64. The highest BCUT2D eigenvalue weighted by Crippen LogP contribution is 2.42. The highest BCUT2D eigenvalue weighted by Gasteiger charge is 2.46. The number of rotatable bonds is 7. The van der Waals surface area contributed by atoms with E-state index in [2.05, 4.69) is 36.4 Å². The molecule has 5 heteroatoms. The number of nitrogens with zero attached hydrogens (tertiary/aromatic N) is 2. The molecule has 1 aromatic heterocycles. The fourth-order valence-electron chi connectivity index (χ4n) is 6.24. The lowest BCUT2D eigenvalue weighted by molar-refractivity contribution is -0.101. The molecule has 0 radical (unpaired) electrons. The summed E-state index contributed by atoms with van der Waals surface area (Å²) in [4.78, 5) is 19.9. The van der Waals surface area contributed by atoms with Crippen LogP contribution < -0.4 is 0 Å². The van der Waals surface area contributed by atoms with Gasteiger partial charge in [0.1, 0.15) is 5.60 Å². The lowest BCUT2D eigenvalue weighted by Crippen LogP contribution is -2.51. The Bertz CT molecular complexity index is 1210. The Morgan fingerprint density at radius 1 is 1.00 bits per heavy atom. The minimum absolute atomic E-state index is 0.126. The van der Waals surface area contributed by atoms with Crippen LogP contribution in [0, 0.1) is 0 Å². The number of ether oxygens (including phenoxy) is 1. The number of carbonyl (C=O) groups is 1. The van der Waals surface area contributed by atoms with Crippen LogP contribution in [-0.4, -0.2) is 33.2 Å². The van der Waals surface area contributed by atoms with E-state index in [1.54, 1.807) is 18.7 Å². The molecule has 2 aliphatic rings. The van der Waals surface area contributed by atoms with E-state index in [0.29, 0.717) is 25.3 Å². The van der Waals surface area contributed by atoms with Gasteiger partial charge in [-0.2, -0.15) is 0 Å². The second-order valence-electron chi connectivity index (χ2n) is 11.8. The van der Waals surface area contributed by atoms with Gasteiger partial charge in [-0.25, -0.2) is 4.79 Å². The van der Waals surface area contributed by atoms with Crippen molar-refractivity contribution in [1.82, 2.24) is 9.88 Å². The fourth-order valence-corrected chi connectivity index (χ4v) is 6.24. The molecule has 5 rings (SSSR count).